The molecule has 0 aliphatic carbocycles. The zero-order valence-corrected chi connectivity index (χ0v) is 18.3. The van der Waals surface area contributed by atoms with E-state index in [1.54, 1.807) is 0 Å². The first-order chi connectivity index (χ1) is 10.8. The minimum Gasteiger partial charge on any atom is -1.00 e. The molecule has 24 heavy (non-hydrogen) atoms. The number of carbonyl (C=O) groups excluding carboxylic acids is 1. The SMILES string of the molecule is CCCCCCCCCCCCOC(=O)OC(C)CS(=O)(=O)O.[H-].[Na+]. The maximum absolute atomic E-state index is 11.3. The van der Waals surface area contributed by atoms with Crippen LogP contribution in [0.3, 0.4) is 0 Å². The molecule has 0 aromatic carbocycles. The predicted octanol–water partition coefficient (Wildman–Crippen LogP) is 1.45. The van der Waals surface area contributed by atoms with E-state index in [0.29, 0.717) is 0 Å². The van der Waals surface area contributed by atoms with Crippen LogP contribution in [0.5, 0.6) is 0 Å². The Morgan fingerprint density at radius 1 is 1.00 bits per heavy atom. The summed E-state index contributed by atoms with van der Waals surface area (Å²) >= 11 is 0. The Morgan fingerprint density at radius 2 is 1.46 bits per heavy atom. The van der Waals surface area contributed by atoms with E-state index in [0.717, 1.165) is 19.3 Å². The van der Waals surface area contributed by atoms with Crippen molar-refractivity contribution in [3.63, 3.8) is 0 Å². The Labute approximate surface area is 170 Å². The van der Waals surface area contributed by atoms with E-state index in [2.05, 4.69) is 6.92 Å². The summed E-state index contributed by atoms with van der Waals surface area (Å²) in [7, 11) is -4.15. The Hall–Kier alpha value is 0.180. The number of rotatable bonds is 14. The minimum atomic E-state index is -4.15. The van der Waals surface area contributed by atoms with Crippen molar-refractivity contribution in [2.75, 3.05) is 12.4 Å². The van der Waals surface area contributed by atoms with Crippen LogP contribution in [0.2, 0.25) is 0 Å². The van der Waals surface area contributed by atoms with Gasteiger partial charge < -0.3 is 10.9 Å². The van der Waals surface area contributed by atoms with Gasteiger partial charge in [-0.2, -0.15) is 8.42 Å². The van der Waals surface area contributed by atoms with Crippen LogP contribution in [0.4, 0.5) is 4.79 Å². The van der Waals surface area contributed by atoms with Crippen molar-refractivity contribution in [3.8, 4) is 0 Å². The molecule has 0 saturated heterocycles. The Morgan fingerprint density at radius 3 is 1.92 bits per heavy atom. The Kier molecular flexibility index (Phi) is 18.3. The summed E-state index contributed by atoms with van der Waals surface area (Å²) in [6.07, 6.45) is 10.1. The molecule has 0 aliphatic heterocycles. The standard InChI is InChI=1S/C16H32O6S.Na.H/c1-3-4-5-6-7-8-9-10-11-12-13-21-16(17)22-15(2)14-23(18,19)20;;/h15H,3-14H2,1-2H3,(H,18,19,20);;/q;+1;-1. The maximum atomic E-state index is 11.3. The molecule has 1 N–H and O–H groups in total. The summed E-state index contributed by atoms with van der Waals surface area (Å²) < 4.78 is 39.4. The van der Waals surface area contributed by atoms with Crippen molar-refractivity contribution in [2.24, 2.45) is 0 Å². The molecule has 0 aromatic rings. The summed E-state index contributed by atoms with van der Waals surface area (Å²) in [5, 5.41) is 0. The molecule has 0 rings (SSSR count). The molecule has 8 heteroatoms. The van der Waals surface area contributed by atoms with Gasteiger partial charge in [0.05, 0.1) is 6.61 Å². The van der Waals surface area contributed by atoms with Crippen molar-refractivity contribution in [1.82, 2.24) is 0 Å². The number of hydrogen-bond acceptors (Lipinski definition) is 5. The van der Waals surface area contributed by atoms with Gasteiger partial charge in [-0.1, -0.05) is 64.7 Å². The van der Waals surface area contributed by atoms with Gasteiger partial charge in [-0.05, 0) is 13.3 Å². The maximum Gasteiger partial charge on any atom is 1.00 e. The van der Waals surface area contributed by atoms with Crippen molar-refractivity contribution in [3.05, 3.63) is 0 Å². The third kappa shape index (κ3) is 20.2. The fourth-order valence-corrected chi connectivity index (χ4v) is 2.94. The summed E-state index contributed by atoms with van der Waals surface area (Å²) in [6.45, 7) is 3.87. The normalized spacial score (nSPS) is 12.3. The van der Waals surface area contributed by atoms with E-state index in [-0.39, 0.29) is 37.6 Å². The molecule has 0 spiro atoms. The first kappa shape index (κ1) is 26.4. The van der Waals surface area contributed by atoms with Crippen LogP contribution >= 0.6 is 0 Å². The van der Waals surface area contributed by atoms with Crippen LogP contribution in [-0.2, 0) is 19.6 Å². The number of carbonyl (C=O) groups is 1. The molecule has 0 saturated carbocycles. The van der Waals surface area contributed by atoms with Crippen molar-refractivity contribution < 1.29 is 58.2 Å². The van der Waals surface area contributed by atoms with Gasteiger partial charge in [-0.25, -0.2) is 4.79 Å². The third-order valence-electron chi connectivity index (χ3n) is 3.46. The molecule has 1 unspecified atom stereocenters. The van der Waals surface area contributed by atoms with E-state index in [9.17, 15) is 13.2 Å². The molecular weight excluding hydrogens is 343 g/mol. The fraction of sp³-hybridized carbons (Fsp3) is 0.938. The average molecular weight is 376 g/mol. The van der Waals surface area contributed by atoms with Crippen molar-refractivity contribution in [2.45, 2.75) is 84.2 Å². The Bertz CT molecular complexity index is 405. The second-order valence-corrected chi connectivity index (χ2v) is 7.45. The molecular formula is C16H33NaO6S. The van der Waals surface area contributed by atoms with Gasteiger partial charge >= 0.3 is 35.7 Å². The fourth-order valence-electron chi connectivity index (χ4n) is 2.27. The zero-order chi connectivity index (χ0) is 17.6. The number of unbranched alkanes of at least 4 members (excludes halogenated alkanes) is 9. The van der Waals surface area contributed by atoms with Crippen LogP contribution in [0, 0.1) is 0 Å². The first-order valence-corrected chi connectivity index (χ1v) is 10.2. The molecule has 0 aromatic heterocycles. The second-order valence-electron chi connectivity index (χ2n) is 5.96. The van der Waals surface area contributed by atoms with Crippen molar-refractivity contribution in [1.29, 1.82) is 0 Å². The van der Waals surface area contributed by atoms with Crippen LogP contribution < -0.4 is 29.6 Å². The van der Waals surface area contributed by atoms with Gasteiger partial charge in [0.25, 0.3) is 10.1 Å². The van der Waals surface area contributed by atoms with E-state index in [4.69, 9.17) is 14.0 Å². The molecule has 0 heterocycles. The zero-order valence-electron chi connectivity index (χ0n) is 16.5. The van der Waals surface area contributed by atoms with Gasteiger partial charge in [0.2, 0.25) is 0 Å². The average Bonchev–Trinajstić information content (AvgIpc) is 2.42. The van der Waals surface area contributed by atoms with Gasteiger partial charge in [0.1, 0.15) is 11.9 Å². The van der Waals surface area contributed by atoms with E-state index in [1.165, 1.54) is 51.9 Å². The third-order valence-corrected chi connectivity index (χ3v) is 4.35. The van der Waals surface area contributed by atoms with Gasteiger partial charge in [-0.15, -0.1) is 0 Å². The molecule has 0 aliphatic rings. The summed E-state index contributed by atoms with van der Waals surface area (Å²) in [4.78, 5) is 11.3. The topological polar surface area (TPSA) is 89.9 Å². The van der Waals surface area contributed by atoms with Gasteiger partial charge in [-0.3, -0.25) is 4.55 Å². The van der Waals surface area contributed by atoms with Crippen LogP contribution in [0.15, 0.2) is 0 Å². The van der Waals surface area contributed by atoms with Crippen molar-refractivity contribution >= 4 is 16.3 Å². The Balaban J connectivity index is -0.00000242. The van der Waals surface area contributed by atoms with E-state index < -0.39 is 28.1 Å². The largest absolute Gasteiger partial charge is 1.00 e. The van der Waals surface area contributed by atoms with Crippen LogP contribution in [0.25, 0.3) is 0 Å². The molecule has 0 fully saturated rings. The summed E-state index contributed by atoms with van der Waals surface area (Å²) in [5.74, 6) is -0.625. The number of hydrogen-bond donors (Lipinski definition) is 1. The predicted molar refractivity (Wildman–Crippen MR) is 91.3 cm³/mol. The molecule has 0 bridgehead atoms. The van der Waals surface area contributed by atoms with E-state index >= 15 is 0 Å². The van der Waals surface area contributed by atoms with E-state index in [1.807, 2.05) is 0 Å². The van der Waals surface area contributed by atoms with Gasteiger partial charge in [0.15, 0.2) is 0 Å². The van der Waals surface area contributed by atoms with Crippen LogP contribution in [-0.4, -0.2) is 37.6 Å². The van der Waals surface area contributed by atoms with Crippen LogP contribution in [0.1, 0.15) is 79.5 Å². The molecule has 6 nitrogen and oxygen atoms in total. The smallest absolute Gasteiger partial charge is 1.00 e. The van der Waals surface area contributed by atoms with Gasteiger partial charge in [0, 0.05) is 0 Å². The molecule has 140 valence electrons. The monoisotopic (exact) mass is 376 g/mol. The number of ether oxygens (including phenoxy) is 2. The first-order valence-electron chi connectivity index (χ1n) is 8.63. The summed E-state index contributed by atoms with van der Waals surface area (Å²) in [5.41, 5.74) is 0. The summed E-state index contributed by atoms with van der Waals surface area (Å²) in [6, 6.07) is 0. The molecule has 1 atom stereocenters. The molecule has 0 radical (unpaired) electrons. The minimum absolute atomic E-state index is 0. The molecule has 0 amide bonds. The second kappa shape index (κ2) is 16.6. The quantitative estimate of drug-likeness (QED) is 0.214.